The summed E-state index contributed by atoms with van der Waals surface area (Å²) in [6.07, 6.45) is 5.64. The van der Waals surface area contributed by atoms with Gasteiger partial charge in [-0.1, -0.05) is 50.3 Å². The number of hydrogen-bond donors (Lipinski definition) is 0. The summed E-state index contributed by atoms with van der Waals surface area (Å²) in [4.78, 5) is 24.6. The van der Waals surface area contributed by atoms with Gasteiger partial charge in [0.05, 0.1) is 23.5 Å². The van der Waals surface area contributed by atoms with E-state index in [4.69, 9.17) is 9.47 Å². The number of ether oxygens (including phenoxy) is 2. The van der Waals surface area contributed by atoms with E-state index in [-0.39, 0.29) is 17.5 Å². The Hall–Kier alpha value is -3.14. The number of benzene rings is 2. The summed E-state index contributed by atoms with van der Waals surface area (Å²) in [6.45, 7) is 7.99. The number of hydrogen-bond acceptors (Lipinski definition) is 4. The number of fused-ring (bicyclic) bond motifs is 1. The number of esters is 2. The highest BCUT2D eigenvalue weighted by molar-refractivity contribution is 6.17. The number of allylic oxidation sites excluding steroid dienone is 1. The Morgan fingerprint density at radius 1 is 1.03 bits per heavy atom. The van der Waals surface area contributed by atoms with Crippen LogP contribution in [-0.2, 0) is 19.7 Å². The first-order chi connectivity index (χ1) is 13.8. The molecular formula is C25H26O4. The van der Waals surface area contributed by atoms with Gasteiger partial charge in [-0.3, -0.25) is 0 Å². The largest absolute Gasteiger partial charge is 0.459 e. The minimum absolute atomic E-state index is 0.0705. The van der Waals surface area contributed by atoms with E-state index in [1.165, 1.54) is 6.26 Å². The van der Waals surface area contributed by atoms with Gasteiger partial charge in [0.25, 0.3) is 0 Å². The molecule has 0 spiro atoms. The molecule has 0 aromatic heterocycles. The van der Waals surface area contributed by atoms with Gasteiger partial charge < -0.3 is 9.47 Å². The fourth-order valence-corrected chi connectivity index (χ4v) is 3.34. The van der Waals surface area contributed by atoms with Crippen LogP contribution in [0.3, 0.4) is 0 Å². The minimum Gasteiger partial charge on any atom is -0.459 e. The monoisotopic (exact) mass is 390 g/mol. The maximum absolute atomic E-state index is 12.6. The summed E-state index contributed by atoms with van der Waals surface area (Å²) in [5.41, 5.74) is 3.82. The van der Waals surface area contributed by atoms with E-state index >= 15 is 0 Å². The molecule has 0 amide bonds. The van der Waals surface area contributed by atoms with Gasteiger partial charge in [-0.25, -0.2) is 9.59 Å². The van der Waals surface area contributed by atoms with Crippen LogP contribution in [0.2, 0.25) is 0 Å². The summed E-state index contributed by atoms with van der Waals surface area (Å²) >= 11 is 0. The normalized spacial score (nSPS) is 15.0. The highest BCUT2D eigenvalue weighted by atomic mass is 16.5. The zero-order valence-electron chi connectivity index (χ0n) is 17.3. The van der Waals surface area contributed by atoms with Crippen LogP contribution in [-0.4, -0.2) is 18.0 Å². The van der Waals surface area contributed by atoms with Crippen LogP contribution in [0.15, 0.2) is 60.9 Å². The van der Waals surface area contributed by atoms with Gasteiger partial charge >= 0.3 is 11.9 Å². The van der Waals surface area contributed by atoms with Crippen LogP contribution in [0, 0.1) is 0 Å². The molecule has 0 N–H and O–H groups in total. The van der Waals surface area contributed by atoms with Crippen LogP contribution < -0.4 is 0 Å². The van der Waals surface area contributed by atoms with E-state index in [9.17, 15) is 9.59 Å². The van der Waals surface area contributed by atoms with E-state index in [1.807, 2.05) is 44.2 Å². The highest BCUT2D eigenvalue weighted by Crippen LogP contribution is 2.39. The van der Waals surface area contributed by atoms with Crippen molar-refractivity contribution in [2.24, 2.45) is 0 Å². The zero-order chi connectivity index (χ0) is 21.0. The molecule has 0 fully saturated rings. The molecule has 3 rings (SSSR count). The van der Waals surface area contributed by atoms with Gasteiger partial charge in [-0.2, -0.15) is 0 Å². The molecule has 1 aliphatic carbocycles. The van der Waals surface area contributed by atoms with E-state index in [2.05, 4.69) is 13.8 Å². The summed E-state index contributed by atoms with van der Waals surface area (Å²) in [5, 5.41) is 0. The van der Waals surface area contributed by atoms with E-state index in [1.54, 1.807) is 30.3 Å². The van der Waals surface area contributed by atoms with Crippen molar-refractivity contribution in [3.8, 4) is 0 Å². The van der Waals surface area contributed by atoms with Crippen LogP contribution in [0.5, 0.6) is 0 Å². The van der Waals surface area contributed by atoms with Gasteiger partial charge in [0.15, 0.2) is 0 Å². The second-order valence-electron chi connectivity index (χ2n) is 8.04. The van der Waals surface area contributed by atoms with Crippen LogP contribution in [0.1, 0.15) is 61.2 Å². The van der Waals surface area contributed by atoms with Crippen LogP contribution in [0.4, 0.5) is 0 Å². The van der Waals surface area contributed by atoms with Crippen molar-refractivity contribution >= 4 is 23.6 Å². The summed E-state index contributed by atoms with van der Waals surface area (Å²) in [6, 6.07) is 14.8. The molecule has 0 radical (unpaired) electrons. The fraction of sp³-hybridized carbons (Fsp3) is 0.280. The maximum Gasteiger partial charge on any atom is 0.342 e. The van der Waals surface area contributed by atoms with Gasteiger partial charge in [0.1, 0.15) is 0 Å². The Morgan fingerprint density at radius 3 is 2.45 bits per heavy atom. The molecule has 0 saturated carbocycles. The second kappa shape index (κ2) is 8.48. The maximum atomic E-state index is 12.6. The van der Waals surface area contributed by atoms with Crippen molar-refractivity contribution in [1.29, 1.82) is 0 Å². The number of carbonyl (C=O) groups excluding carboxylic acids is 2. The quantitative estimate of drug-likeness (QED) is 0.497. The van der Waals surface area contributed by atoms with Crippen molar-refractivity contribution in [2.75, 3.05) is 0 Å². The van der Waals surface area contributed by atoms with Crippen molar-refractivity contribution in [3.63, 3.8) is 0 Å². The van der Waals surface area contributed by atoms with Crippen molar-refractivity contribution in [3.05, 3.63) is 83.1 Å². The second-order valence-corrected chi connectivity index (χ2v) is 8.04. The Kier molecular flexibility index (Phi) is 6.02. The average molecular weight is 390 g/mol. The van der Waals surface area contributed by atoms with Crippen molar-refractivity contribution < 1.29 is 19.1 Å². The number of rotatable bonds is 5. The molecule has 1 aliphatic rings. The van der Waals surface area contributed by atoms with E-state index < -0.39 is 5.97 Å². The molecule has 4 heteroatoms. The third-order valence-corrected chi connectivity index (χ3v) is 4.89. The Labute approximate surface area is 171 Å². The predicted molar refractivity (Wildman–Crippen MR) is 114 cm³/mol. The van der Waals surface area contributed by atoms with Crippen molar-refractivity contribution in [2.45, 2.75) is 45.6 Å². The first-order valence-corrected chi connectivity index (χ1v) is 9.76. The third-order valence-electron chi connectivity index (χ3n) is 4.89. The van der Waals surface area contributed by atoms with Gasteiger partial charge in [-0.05, 0) is 66.6 Å². The zero-order valence-corrected chi connectivity index (χ0v) is 17.3. The van der Waals surface area contributed by atoms with Crippen LogP contribution >= 0.6 is 0 Å². The molecule has 0 bridgehead atoms. The van der Waals surface area contributed by atoms with Gasteiger partial charge in [0.2, 0.25) is 0 Å². The Morgan fingerprint density at radius 2 is 1.76 bits per heavy atom. The topological polar surface area (TPSA) is 52.6 Å². The summed E-state index contributed by atoms with van der Waals surface area (Å²) in [7, 11) is 0. The molecule has 0 unspecified atom stereocenters. The first-order valence-electron chi connectivity index (χ1n) is 9.76. The molecule has 150 valence electrons. The van der Waals surface area contributed by atoms with E-state index in [0.29, 0.717) is 11.1 Å². The fourth-order valence-electron chi connectivity index (χ4n) is 3.34. The molecule has 2 aromatic carbocycles. The first kappa shape index (κ1) is 20.6. The van der Waals surface area contributed by atoms with Crippen LogP contribution in [0.25, 0.3) is 11.6 Å². The lowest BCUT2D eigenvalue weighted by molar-refractivity contribution is -0.140. The molecule has 0 atom stereocenters. The third kappa shape index (κ3) is 4.83. The molecular weight excluding hydrogens is 364 g/mol. The highest BCUT2D eigenvalue weighted by Gasteiger charge is 2.31. The average Bonchev–Trinajstić information content (AvgIpc) is 2.68. The lowest BCUT2D eigenvalue weighted by atomic mass is 9.73. The molecule has 4 nitrogen and oxygen atoms in total. The smallest absolute Gasteiger partial charge is 0.342 e. The molecule has 0 aliphatic heterocycles. The summed E-state index contributed by atoms with van der Waals surface area (Å²) < 4.78 is 10.6. The predicted octanol–water partition coefficient (Wildman–Crippen LogP) is 5.53. The SMILES string of the molecule is CC(C)OC(=O)C1=CCC(C)(C)c2ccc(C=COC(=O)c3ccccc3)cc21. The van der Waals surface area contributed by atoms with Crippen molar-refractivity contribution in [1.82, 2.24) is 0 Å². The standard InChI is InChI=1S/C25H26O4/c1-17(2)29-24(27)20-12-14-25(3,4)22-11-10-18(16-21(20)22)13-15-28-23(26)19-8-6-5-7-9-19/h5-13,15-17H,14H2,1-4H3. The Balaban J connectivity index is 1.83. The lowest BCUT2D eigenvalue weighted by Crippen LogP contribution is -2.25. The van der Waals surface area contributed by atoms with Gasteiger partial charge in [-0.15, -0.1) is 0 Å². The van der Waals surface area contributed by atoms with E-state index in [0.717, 1.165) is 23.1 Å². The molecule has 2 aromatic rings. The molecule has 0 heterocycles. The Bertz CT molecular complexity index is 966. The molecule has 0 saturated heterocycles. The minimum atomic E-state index is -0.415. The van der Waals surface area contributed by atoms with Gasteiger partial charge in [0, 0.05) is 0 Å². The summed E-state index contributed by atoms with van der Waals surface area (Å²) in [5.74, 6) is -0.726. The lowest BCUT2D eigenvalue weighted by Gasteiger charge is -2.31. The molecule has 29 heavy (non-hydrogen) atoms. The number of carbonyl (C=O) groups is 2.